The first kappa shape index (κ1) is 22.5. The molecular formula is C24H29N3O4S. The Kier molecular flexibility index (Phi) is 6.64. The number of aromatic nitrogens is 1. The second-order valence-corrected chi connectivity index (χ2v) is 10.2. The summed E-state index contributed by atoms with van der Waals surface area (Å²) in [4.78, 5) is 2.47. The quantitative estimate of drug-likeness (QED) is 0.557. The normalized spacial score (nSPS) is 17.0. The molecule has 0 spiro atoms. The number of nitrogens with one attached hydrogen (secondary N) is 1. The number of ether oxygens (including phenoxy) is 1. The minimum Gasteiger partial charge on any atom is -0.495 e. The van der Waals surface area contributed by atoms with Gasteiger partial charge in [-0.3, -0.25) is 4.90 Å². The van der Waals surface area contributed by atoms with Gasteiger partial charge in [0.2, 0.25) is 10.0 Å². The van der Waals surface area contributed by atoms with Crippen LogP contribution in [0.15, 0.2) is 57.9 Å². The number of benzene rings is 2. The smallest absolute Gasteiger partial charge is 0.244 e. The molecular weight excluding hydrogens is 426 g/mol. The van der Waals surface area contributed by atoms with Crippen molar-refractivity contribution in [3.63, 3.8) is 0 Å². The van der Waals surface area contributed by atoms with Crippen molar-refractivity contribution >= 4 is 10.0 Å². The molecule has 1 saturated heterocycles. The molecule has 0 saturated carbocycles. The molecule has 32 heavy (non-hydrogen) atoms. The maximum atomic E-state index is 13.1. The lowest BCUT2D eigenvalue weighted by molar-refractivity contribution is 0.316. The van der Waals surface area contributed by atoms with Gasteiger partial charge >= 0.3 is 0 Å². The van der Waals surface area contributed by atoms with Crippen LogP contribution in [-0.4, -0.2) is 45.2 Å². The van der Waals surface area contributed by atoms with Crippen LogP contribution in [-0.2, 0) is 16.6 Å². The van der Waals surface area contributed by atoms with E-state index in [4.69, 9.17) is 9.26 Å². The fraction of sp³-hybridized carbons (Fsp3) is 0.375. The van der Waals surface area contributed by atoms with Gasteiger partial charge in [0.05, 0.1) is 12.8 Å². The van der Waals surface area contributed by atoms with Crippen molar-refractivity contribution in [1.29, 1.82) is 0 Å². The molecule has 4 rings (SSSR count). The van der Waals surface area contributed by atoms with E-state index in [2.05, 4.69) is 46.0 Å². The number of aryl methyl sites for hydroxylation is 2. The van der Waals surface area contributed by atoms with E-state index >= 15 is 0 Å². The molecule has 1 fully saturated rings. The zero-order chi connectivity index (χ0) is 22.7. The molecule has 1 N–H and O–H groups in total. The molecule has 0 aliphatic carbocycles. The Hall–Kier alpha value is -2.68. The molecule has 170 valence electrons. The third kappa shape index (κ3) is 5.20. The van der Waals surface area contributed by atoms with Crippen LogP contribution in [0, 0.1) is 19.8 Å². The highest BCUT2D eigenvalue weighted by molar-refractivity contribution is 7.89. The zero-order valence-corrected chi connectivity index (χ0v) is 19.5. The van der Waals surface area contributed by atoms with Gasteiger partial charge < -0.3 is 9.26 Å². The lowest BCUT2D eigenvalue weighted by Crippen LogP contribution is -2.31. The molecule has 3 aromatic rings. The summed E-state index contributed by atoms with van der Waals surface area (Å²) in [5.74, 6) is 1.08. The Balaban J connectivity index is 1.41. The number of nitrogens with zero attached hydrogens (tertiary/aromatic N) is 2. The molecule has 2 aromatic carbocycles. The van der Waals surface area contributed by atoms with Crippen molar-refractivity contribution in [1.82, 2.24) is 14.8 Å². The predicted molar refractivity (Wildman–Crippen MR) is 123 cm³/mol. The second-order valence-electron chi connectivity index (χ2n) is 8.43. The van der Waals surface area contributed by atoms with E-state index in [1.165, 1.54) is 18.2 Å². The van der Waals surface area contributed by atoms with Crippen LogP contribution >= 0.6 is 0 Å². The zero-order valence-electron chi connectivity index (χ0n) is 18.7. The molecule has 1 aliphatic heterocycles. The van der Waals surface area contributed by atoms with Crippen LogP contribution in [0.5, 0.6) is 5.75 Å². The first-order valence-corrected chi connectivity index (χ1v) is 12.2. The van der Waals surface area contributed by atoms with Crippen molar-refractivity contribution in [3.8, 4) is 17.1 Å². The van der Waals surface area contributed by atoms with Crippen LogP contribution in [0.4, 0.5) is 0 Å². The van der Waals surface area contributed by atoms with Gasteiger partial charge in [-0.15, -0.1) is 0 Å². The summed E-state index contributed by atoms with van der Waals surface area (Å²) in [5, 5.41) is 3.88. The average Bonchev–Trinajstić information content (AvgIpc) is 3.42. The molecule has 1 atom stereocenters. The van der Waals surface area contributed by atoms with Gasteiger partial charge in [0.1, 0.15) is 10.6 Å². The van der Waals surface area contributed by atoms with E-state index in [-0.39, 0.29) is 10.8 Å². The van der Waals surface area contributed by atoms with Gasteiger partial charge in [-0.25, -0.2) is 13.1 Å². The highest BCUT2D eigenvalue weighted by Gasteiger charge is 2.26. The summed E-state index contributed by atoms with van der Waals surface area (Å²) < 4.78 is 39.6. The summed E-state index contributed by atoms with van der Waals surface area (Å²) in [5.41, 5.74) is 3.90. The number of sulfonamides is 1. The molecule has 1 aliphatic rings. The predicted octanol–water partition coefficient (Wildman–Crippen LogP) is 3.77. The summed E-state index contributed by atoms with van der Waals surface area (Å²) in [6.45, 7) is 7.00. The highest BCUT2D eigenvalue weighted by Crippen LogP contribution is 2.30. The first-order chi connectivity index (χ1) is 15.3. The van der Waals surface area contributed by atoms with E-state index in [1.54, 1.807) is 24.3 Å². The molecule has 8 heteroatoms. The number of hydrogen-bond acceptors (Lipinski definition) is 6. The number of likely N-dealkylation sites (tertiary alicyclic amines) is 1. The molecule has 0 amide bonds. The molecule has 0 bridgehead atoms. The van der Waals surface area contributed by atoms with Crippen LogP contribution in [0.2, 0.25) is 0 Å². The minimum absolute atomic E-state index is 0.0982. The van der Waals surface area contributed by atoms with Gasteiger partial charge in [-0.1, -0.05) is 35.0 Å². The summed E-state index contributed by atoms with van der Waals surface area (Å²) in [6, 6.07) is 15.3. The number of rotatable bonds is 8. The van der Waals surface area contributed by atoms with E-state index in [0.717, 1.165) is 31.7 Å². The third-order valence-electron chi connectivity index (χ3n) is 5.82. The Morgan fingerprint density at radius 2 is 1.94 bits per heavy atom. The highest BCUT2D eigenvalue weighted by atomic mass is 32.2. The monoisotopic (exact) mass is 455 g/mol. The van der Waals surface area contributed by atoms with Crippen molar-refractivity contribution in [2.24, 2.45) is 5.92 Å². The number of methoxy groups -OCH3 is 1. The first-order valence-electron chi connectivity index (χ1n) is 10.7. The Bertz CT molecular complexity index is 1170. The average molecular weight is 456 g/mol. The Labute approximate surface area is 189 Å². The maximum Gasteiger partial charge on any atom is 0.244 e. The van der Waals surface area contributed by atoms with E-state index in [0.29, 0.717) is 23.6 Å². The van der Waals surface area contributed by atoms with Gasteiger partial charge in [0.15, 0.2) is 5.76 Å². The minimum atomic E-state index is -3.75. The van der Waals surface area contributed by atoms with Gasteiger partial charge in [0, 0.05) is 31.3 Å². The Morgan fingerprint density at radius 1 is 1.16 bits per heavy atom. The molecule has 2 heterocycles. The van der Waals surface area contributed by atoms with Crippen LogP contribution in [0.25, 0.3) is 11.3 Å². The molecule has 0 radical (unpaired) electrons. The van der Waals surface area contributed by atoms with E-state index in [9.17, 15) is 8.42 Å². The van der Waals surface area contributed by atoms with Crippen LogP contribution in [0.3, 0.4) is 0 Å². The molecule has 1 unspecified atom stereocenters. The van der Waals surface area contributed by atoms with Crippen molar-refractivity contribution < 1.29 is 17.7 Å². The summed E-state index contributed by atoms with van der Waals surface area (Å²) in [6.07, 6.45) is 0.961. The largest absolute Gasteiger partial charge is 0.495 e. The maximum absolute atomic E-state index is 13.1. The summed E-state index contributed by atoms with van der Waals surface area (Å²) >= 11 is 0. The third-order valence-corrected chi connectivity index (χ3v) is 7.27. The molecule has 1 aromatic heterocycles. The lowest BCUT2D eigenvalue weighted by atomic mass is 10.1. The molecule has 7 nitrogen and oxygen atoms in total. The van der Waals surface area contributed by atoms with E-state index < -0.39 is 10.0 Å². The van der Waals surface area contributed by atoms with Crippen molar-refractivity contribution in [2.45, 2.75) is 31.7 Å². The van der Waals surface area contributed by atoms with Crippen molar-refractivity contribution in [3.05, 3.63) is 65.4 Å². The van der Waals surface area contributed by atoms with Crippen LogP contribution < -0.4 is 9.46 Å². The van der Waals surface area contributed by atoms with E-state index in [1.807, 2.05) is 6.92 Å². The van der Waals surface area contributed by atoms with Gasteiger partial charge in [-0.05, 0) is 56.5 Å². The fourth-order valence-electron chi connectivity index (χ4n) is 4.02. The fourth-order valence-corrected chi connectivity index (χ4v) is 5.33. The number of hydrogen-bond donors (Lipinski definition) is 1. The van der Waals surface area contributed by atoms with Gasteiger partial charge in [-0.2, -0.15) is 0 Å². The van der Waals surface area contributed by atoms with Gasteiger partial charge in [0.25, 0.3) is 0 Å². The standard InChI is InChI=1S/C24H29N3O4S/c1-17-4-6-19(7-5-17)15-27-11-10-20(16-27)14-25-32(28,29)24-13-21(8-9-22(24)30-3)23-12-18(2)26-31-23/h4-9,12-13,20,25H,10-11,14-16H2,1-3H3. The topological polar surface area (TPSA) is 84.7 Å². The van der Waals surface area contributed by atoms with Crippen molar-refractivity contribution in [2.75, 3.05) is 26.7 Å². The Morgan fingerprint density at radius 3 is 2.62 bits per heavy atom. The SMILES string of the molecule is COc1ccc(-c2cc(C)no2)cc1S(=O)(=O)NCC1CCN(Cc2ccc(C)cc2)C1. The second kappa shape index (κ2) is 9.44. The summed E-state index contributed by atoms with van der Waals surface area (Å²) in [7, 11) is -2.29. The van der Waals surface area contributed by atoms with Crippen LogP contribution in [0.1, 0.15) is 23.2 Å². The lowest BCUT2D eigenvalue weighted by Gasteiger charge is -2.17.